The third-order valence-corrected chi connectivity index (χ3v) is 3.01. The van der Waals surface area contributed by atoms with Crippen molar-refractivity contribution in [1.82, 2.24) is 4.90 Å². The number of halogens is 2. The molecule has 0 aliphatic carbocycles. The fraction of sp³-hybridized carbons (Fsp3) is 0.538. The van der Waals surface area contributed by atoms with Crippen molar-refractivity contribution in [2.75, 3.05) is 26.2 Å². The average Bonchev–Trinajstić information content (AvgIpc) is 2.29. The molecule has 1 aromatic rings. The quantitative estimate of drug-likeness (QED) is 0.829. The van der Waals surface area contributed by atoms with Gasteiger partial charge in [0.15, 0.2) is 0 Å². The number of hydrogen-bond donors (Lipinski definition) is 1. The van der Waals surface area contributed by atoms with Crippen molar-refractivity contribution in [2.45, 2.75) is 19.8 Å². The van der Waals surface area contributed by atoms with Crippen LogP contribution in [0.25, 0.3) is 0 Å². The Kier molecular flexibility index (Phi) is 5.51. The summed E-state index contributed by atoms with van der Waals surface area (Å²) in [5, 5.41) is 0. The summed E-state index contributed by atoms with van der Waals surface area (Å²) in [4.78, 5) is 2.19. The van der Waals surface area contributed by atoms with E-state index in [-0.39, 0.29) is 5.92 Å². The van der Waals surface area contributed by atoms with Gasteiger partial charge in [-0.2, -0.15) is 0 Å². The predicted molar refractivity (Wildman–Crippen MR) is 65.9 cm³/mol. The molecule has 1 aromatic carbocycles. The van der Waals surface area contributed by atoms with Crippen molar-refractivity contribution in [1.29, 1.82) is 0 Å². The first-order valence-corrected chi connectivity index (χ1v) is 5.99. The molecule has 0 saturated carbocycles. The first-order chi connectivity index (χ1) is 8.10. The summed E-state index contributed by atoms with van der Waals surface area (Å²) in [6.45, 7) is 7.05. The molecule has 0 radical (unpaired) electrons. The van der Waals surface area contributed by atoms with Crippen molar-refractivity contribution < 1.29 is 8.78 Å². The second-order valence-corrected chi connectivity index (χ2v) is 4.12. The van der Waals surface area contributed by atoms with Gasteiger partial charge >= 0.3 is 0 Å². The highest BCUT2D eigenvalue weighted by atomic mass is 19.1. The van der Waals surface area contributed by atoms with E-state index < -0.39 is 11.6 Å². The minimum absolute atomic E-state index is 0.0277. The van der Waals surface area contributed by atoms with Gasteiger partial charge in [0.25, 0.3) is 0 Å². The first-order valence-electron chi connectivity index (χ1n) is 5.99. The number of benzene rings is 1. The lowest BCUT2D eigenvalue weighted by Gasteiger charge is -2.24. The summed E-state index contributed by atoms with van der Waals surface area (Å²) in [5.41, 5.74) is 6.33. The van der Waals surface area contributed by atoms with Crippen LogP contribution in [0.2, 0.25) is 0 Å². The normalized spacial score (nSPS) is 13.1. The van der Waals surface area contributed by atoms with E-state index in [1.165, 1.54) is 12.1 Å². The Labute approximate surface area is 101 Å². The second kappa shape index (κ2) is 6.67. The van der Waals surface area contributed by atoms with E-state index in [4.69, 9.17) is 5.73 Å². The Morgan fingerprint density at radius 2 is 1.65 bits per heavy atom. The van der Waals surface area contributed by atoms with Crippen LogP contribution in [0.15, 0.2) is 18.2 Å². The molecular formula is C13H20F2N2. The summed E-state index contributed by atoms with van der Waals surface area (Å²) < 4.78 is 26.3. The zero-order valence-corrected chi connectivity index (χ0v) is 10.4. The van der Waals surface area contributed by atoms with Crippen LogP contribution in [0.3, 0.4) is 0 Å². The van der Waals surface area contributed by atoms with Crippen molar-refractivity contribution in [3.05, 3.63) is 35.4 Å². The molecule has 1 rings (SSSR count). The highest BCUT2D eigenvalue weighted by Gasteiger charge is 2.14. The van der Waals surface area contributed by atoms with Crippen LogP contribution in [-0.4, -0.2) is 31.1 Å². The molecule has 0 amide bonds. The molecule has 1 unspecified atom stereocenters. The summed E-state index contributed by atoms with van der Waals surface area (Å²) in [6.07, 6.45) is 0. The summed E-state index contributed by atoms with van der Waals surface area (Å²) in [7, 11) is 0. The monoisotopic (exact) mass is 242 g/mol. The molecule has 4 heteroatoms. The lowest BCUT2D eigenvalue weighted by atomic mass is 9.98. The minimum atomic E-state index is -0.544. The molecule has 0 heterocycles. The van der Waals surface area contributed by atoms with Gasteiger partial charge in [-0.1, -0.05) is 13.8 Å². The van der Waals surface area contributed by atoms with Gasteiger partial charge in [-0.15, -0.1) is 0 Å². The van der Waals surface area contributed by atoms with Crippen molar-refractivity contribution in [3.8, 4) is 0 Å². The van der Waals surface area contributed by atoms with Gasteiger partial charge in [0.1, 0.15) is 11.6 Å². The maximum atomic E-state index is 13.1. The Bertz CT molecular complexity index is 331. The standard InChI is InChI=1S/C13H20F2N2/c1-3-17(4-2)9-11(8-16)10-5-12(14)7-13(15)6-10/h5-7,11H,3-4,8-9,16H2,1-2H3. The lowest BCUT2D eigenvalue weighted by Crippen LogP contribution is -2.31. The van der Waals surface area contributed by atoms with Gasteiger partial charge in [-0.3, -0.25) is 0 Å². The molecule has 1 atom stereocenters. The lowest BCUT2D eigenvalue weighted by molar-refractivity contribution is 0.284. The van der Waals surface area contributed by atoms with Crippen LogP contribution in [0.5, 0.6) is 0 Å². The molecule has 0 aromatic heterocycles. The van der Waals surface area contributed by atoms with Crippen LogP contribution in [0.4, 0.5) is 8.78 Å². The number of nitrogens with zero attached hydrogens (tertiary/aromatic N) is 1. The maximum absolute atomic E-state index is 13.1. The molecule has 0 spiro atoms. The van der Waals surface area contributed by atoms with Crippen molar-refractivity contribution >= 4 is 0 Å². The van der Waals surface area contributed by atoms with E-state index in [9.17, 15) is 8.78 Å². The molecule has 0 aliphatic heterocycles. The molecule has 0 aliphatic rings. The fourth-order valence-corrected chi connectivity index (χ4v) is 1.92. The molecule has 2 nitrogen and oxygen atoms in total. The van der Waals surface area contributed by atoms with E-state index in [1.54, 1.807) is 0 Å². The number of likely N-dealkylation sites (N-methyl/N-ethyl adjacent to an activating group) is 1. The molecule has 2 N–H and O–H groups in total. The van der Waals surface area contributed by atoms with Crippen LogP contribution < -0.4 is 5.73 Å². The van der Waals surface area contributed by atoms with Crippen LogP contribution >= 0.6 is 0 Å². The van der Waals surface area contributed by atoms with Gasteiger partial charge in [0, 0.05) is 25.1 Å². The fourth-order valence-electron chi connectivity index (χ4n) is 1.92. The predicted octanol–water partition coefficient (Wildman–Crippen LogP) is 2.35. The van der Waals surface area contributed by atoms with E-state index in [0.717, 1.165) is 25.7 Å². The van der Waals surface area contributed by atoms with Gasteiger partial charge in [0.05, 0.1) is 0 Å². The highest BCUT2D eigenvalue weighted by molar-refractivity contribution is 5.22. The molecule has 0 fully saturated rings. The Balaban J connectivity index is 2.85. The molecule has 0 saturated heterocycles. The van der Waals surface area contributed by atoms with Gasteiger partial charge in [0.2, 0.25) is 0 Å². The number of rotatable bonds is 6. The van der Waals surface area contributed by atoms with Crippen molar-refractivity contribution in [2.24, 2.45) is 5.73 Å². The SMILES string of the molecule is CCN(CC)CC(CN)c1cc(F)cc(F)c1. The third-order valence-electron chi connectivity index (χ3n) is 3.01. The van der Waals surface area contributed by atoms with Gasteiger partial charge in [-0.25, -0.2) is 8.78 Å². The highest BCUT2D eigenvalue weighted by Crippen LogP contribution is 2.18. The maximum Gasteiger partial charge on any atom is 0.126 e. The van der Waals surface area contributed by atoms with E-state index in [2.05, 4.69) is 18.7 Å². The van der Waals surface area contributed by atoms with E-state index in [1.807, 2.05) is 0 Å². The van der Waals surface area contributed by atoms with Gasteiger partial charge < -0.3 is 10.6 Å². The molecule has 0 bridgehead atoms. The zero-order valence-electron chi connectivity index (χ0n) is 10.4. The summed E-state index contributed by atoms with van der Waals surface area (Å²) in [6, 6.07) is 3.61. The Morgan fingerprint density at radius 3 is 2.06 bits per heavy atom. The first kappa shape index (κ1) is 14.1. The average molecular weight is 242 g/mol. The van der Waals surface area contributed by atoms with E-state index >= 15 is 0 Å². The van der Waals surface area contributed by atoms with Crippen LogP contribution in [-0.2, 0) is 0 Å². The largest absolute Gasteiger partial charge is 0.330 e. The molecule has 96 valence electrons. The smallest absolute Gasteiger partial charge is 0.126 e. The van der Waals surface area contributed by atoms with E-state index in [0.29, 0.717) is 12.1 Å². The zero-order chi connectivity index (χ0) is 12.8. The van der Waals surface area contributed by atoms with Crippen LogP contribution in [0, 0.1) is 11.6 Å². The summed E-state index contributed by atoms with van der Waals surface area (Å²) in [5.74, 6) is -1.11. The third kappa shape index (κ3) is 4.06. The number of hydrogen-bond acceptors (Lipinski definition) is 2. The topological polar surface area (TPSA) is 29.3 Å². The number of nitrogens with two attached hydrogens (primary N) is 1. The van der Waals surface area contributed by atoms with Gasteiger partial charge in [-0.05, 0) is 30.8 Å². The Morgan fingerprint density at radius 1 is 1.12 bits per heavy atom. The summed E-state index contributed by atoms with van der Waals surface area (Å²) >= 11 is 0. The van der Waals surface area contributed by atoms with Crippen LogP contribution in [0.1, 0.15) is 25.3 Å². The second-order valence-electron chi connectivity index (χ2n) is 4.12. The van der Waals surface area contributed by atoms with Crippen molar-refractivity contribution in [3.63, 3.8) is 0 Å². The minimum Gasteiger partial charge on any atom is -0.330 e. The molecule has 17 heavy (non-hydrogen) atoms. The molecular weight excluding hydrogens is 222 g/mol. The Hall–Kier alpha value is -1.00.